The lowest BCUT2D eigenvalue weighted by Gasteiger charge is -2.34. The van der Waals surface area contributed by atoms with Crippen LogP contribution in [0.4, 0.5) is 0 Å². The Morgan fingerprint density at radius 2 is 1.87 bits per heavy atom. The number of rotatable bonds is 4. The molecule has 88 valence electrons. The summed E-state index contributed by atoms with van der Waals surface area (Å²) in [6.45, 7) is 6.68. The quantitative estimate of drug-likeness (QED) is 0.666. The van der Waals surface area contributed by atoms with Crippen molar-refractivity contribution < 1.29 is 9.53 Å². The van der Waals surface area contributed by atoms with Crippen LogP contribution in [0.1, 0.15) is 59.3 Å². The maximum atomic E-state index is 11.9. The zero-order valence-corrected chi connectivity index (χ0v) is 10.3. The van der Waals surface area contributed by atoms with Crippen LogP contribution in [-0.4, -0.2) is 12.6 Å². The van der Waals surface area contributed by atoms with Gasteiger partial charge in [0.05, 0.1) is 12.0 Å². The molecule has 1 aliphatic carbocycles. The predicted molar refractivity (Wildman–Crippen MR) is 61.6 cm³/mol. The third-order valence-electron chi connectivity index (χ3n) is 3.59. The number of hydrogen-bond donors (Lipinski definition) is 0. The molecule has 1 saturated carbocycles. The molecule has 15 heavy (non-hydrogen) atoms. The standard InChI is InChI=1S/C13H24O2/c1-4-10-15-12(14)13(2,3)11-8-6-5-7-9-11/h11H,4-10H2,1-3H3. The largest absolute Gasteiger partial charge is 0.465 e. The van der Waals surface area contributed by atoms with Crippen molar-refractivity contribution in [2.24, 2.45) is 11.3 Å². The minimum Gasteiger partial charge on any atom is -0.465 e. The molecule has 0 bridgehead atoms. The number of esters is 1. The van der Waals surface area contributed by atoms with E-state index in [2.05, 4.69) is 0 Å². The van der Waals surface area contributed by atoms with Gasteiger partial charge in [0.1, 0.15) is 0 Å². The topological polar surface area (TPSA) is 26.3 Å². The minimum absolute atomic E-state index is 0.00347. The molecule has 1 rings (SSSR count). The Hall–Kier alpha value is -0.530. The first-order chi connectivity index (χ1) is 7.09. The predicted octanol–water partition coefficient (Wildman–Crippen LogP) is 3.55. The van der Waals surface area contributed by atoms with Crippen LogP contribution in [-0.2, 0) is 9.53 Å². The lowest BCUT2D eigenvalue weighted by molar-refractivity contribution is -0.158. The van der Waals surface area contributed by atoms with Gasteiger partial charge in [-0.1, -0.05) is 26.2 Å². The molecule has 0 saturated heterocycles. The van der Waals surface area contributed by atoms with Crippen molar-refractivity contribution in [3.05, 3.63) is 0 Å². The van der Waals surface area contributed by atoms with Gasteiger partial charge < -0.3 is 4.74 Å². The highest BCUT2D eigenvalue weighted by atomic mass is 16.5. The Morgan fingerprint density at radius 1 is 1.27 bits per heavy atom. The van der Waals surface area contributed by atoms with Gasteiger partial charge in [0, 0.05) is 0 Å². The monoisotopic (exact) mass is 212 g/mol. The lowest BCUT2D eigenvalue weighted by Crippen LogP contribution is -2.36. The Bertz CT molecular complexity index is 203. The zero-order chi connectivity index (χ0) is 11.3. The minimum atomic E-state index is -0.282. The molecule has 1 aliphatic rings. The highest BCUT2D eigenvalue weighted by Crippen LogP contribution is 2.39. The first kappa shape index (κ1) is 12.5. The molecular weight excluding hydrogens is 188 g/mol. The Morgan fingerprint density at radius 3 is 2.40 bits per heavy atom. The van der Waals surface area contributed by atoms with Crippen LogP contribution in [0.25, 0.3) is 0 Å². The first-order valence-electron chi connectivity index (χ1n) is 6.26. The molecule has 0 amide bonds. The van der Waals surface area contributed by atoms with E-state index in [9.17, 15) is 4.79 Å². The van der Waals surface area contributed by atoms with Gasteiger partial charge in [0.25, 0.3) is 0 Å². The molecule has 0 aromatic rings. The summed E-state index contributed by atoms with van der Waals surface area (Å²) < 4.78 is 5.27. The molecule has 0 heterocycles. The third kappa shape index (κ3) is 3.22. The maximum absolute atomic E-state index is 11.9. The molecule has 0 radical (unpaired) electrons. The van der Waals surface area contributed by atoms with E-state index in [1.54, 1.807) is 0 Å². The molecule has 0 aliphatic heterocycles. The summed E-state index contributed by atoms with van der Waals surface area (Å²) in [6, 6.07) is 0. The molecule has 0 spiro atoms. The summed E-state index contributed by atoms with van der Waals surface area (Å²) in [4.78, 5) is 11.9. The molecule has 0 unspecified atom stereocenters. The molecule has 0 atom stereocenters. The Balaban J connectivity index is 2.51. The van der Waals surface area contributed by atoms with Crippen molar-refractivity contribution in [3.63, 3.8) is 0 Å². The second kappa shape index (κ2) is 5.53. The van der Waals surface area contributed by atoms with E-state index < -0.39 is 0 Å². The average molecular weight is 212 g/mol. The van der Waals surface area contributed by atoms with Gasteiger partial charge in [-0.05, 0) is 39.0 Å². The van der Waals surface area contributed by atoms with Crippen molar-refractivity contribution in [3.8, 4) is 0 Å². The van der Waals surface area contributed by atoms with Crippen molar-refractivity contribution in [1.82, 2.24) is 0 Å². The van der Waals surface area contributed by atoms with Gasteiger partial charge in [0.15, 0.2) is 0 Å². The van der Waals surface area contributed by atoms with Crippen LogP contribution in [0, 0.1) is 11.3 Å². The molecule has 2 heteroatoms. The lowest BCUT2D eigenvalue weighted by atomic mass is 9.71. The van der Waals surface area contributed by atoms with E-state index in [0.29, 0.717) is 12.5 Å². The van der Waals surface area contributed by atoms with E-state index in [0.717, 1.165) is 6.42 Å². The molecule has 0 aromatic heterocycles. The van der Waals surface area contributed by atoms with Gasteiger partial charge in [0.2, 0.25) is 0 Å². The fraction of sp³-hybridized carbons (Fsp3) is 0.923. The second-order valence-corrected chi connectivity index (χ2v) is 5.19. The van der Waals surface area contributed by atoms with Crippen LogP contribution < -0.4 is 0 Å². The van der Waals surface area contributed by atoms with Gasteiger partial charge in [-0.3, -0.25) is 4.79 Å². The van der Waals surface area contributed by atoms with E-state index in [4.69, 9.17) is 4.74 Å². The number of carbonyl (C=O) groups excluding carboxylic acids is 1. The third-order valence-corrected chi connectivity index (χ3v) is 3.59. The molecule has 0 aromatic carbocycles. The average Bonchev–Trinajstić information content (AvgIpc) is 2.27. The summed E-state index contributed by atoms with van der Waals surface area (Å²) >= 11 is 0. The van der Waals surface area contributed by atoms with Gasteiger partial charge in [-0.25, -0.2) is 0 Å². The van der Waals surface area contributed by atoms with Crippen LogP contribution in [0.5, 0.6) is 0 Å². The highest BCUT2D eigenvalue weighted by molar-refractivity contribution is 5.76. The normalized spacial score (nSPS) is 18.9. The number of carbonyl (C=O) groups is 1. The molecular formula is C13H24O2. The van der Waals surface area contributed by atoms with Crippen molar-refractivity contribution in [2.45, 2.75) is 59.3 Å². The summed E-state index contributed by atoms with van der Waals surface area (Å²) in [5.41, 5.74) is -0.282. The van der Waals surface area contributed by atoms with E-state index in [1.165, 1.54) is 32.1 Å². The van der Waals surface area contributed by atoms with Gasteiger partial charge >= 0.3 is 5.97 Å². The summed E-state index contributed by atoms with van der Waals surface area (Å²) in [6.07, 6.45) is 7.16. The van der Waals surface area contributed by atoms with E-state index >= 15 is 0 Å². The second-order valence-electron chi connectivity index (χ2n) is 5.19. The summed E-state index contributed by atoms with van der Waals surface area (Å²) in [5.74, 6) is 0.520. The SMILES string of the molecule is CCCOC(=O)C(C)(C)C1CCCCC1. The highest BCUT2D eigenvalue weighted by Gasteiger charge is 2.38. The zero-order valence-electron chi connectivity index (χ0n) is 10.3. The fourth-order valence-electron chi connectivity index (χ4n) is 2.37. The van der Waals surface area contributed by atoms with E-state index in [1.807, 2.05) is 20.8 Å². The molecule has 0 N–H and O–H groups in total. The van der Waals surface area contributed by atoms with Crippen molar-refractivity contribution in [2.75, 3.05) is 6.61 Å². The van der Waals surface area contributed by atoms with Crippen LogP contribution in [0.15, 0.2) is 0 Å². The smallest absolute Gasteiger partial charge is 0.311 e. The van der Waals surface area contributed by atoms with Crippen LogP contribution in [0.3, 0.4) is 0 Å². The Labute approximate surface area is 93.4 Å². The summed E-state index contributed by atoms with van der Waals surface area (Å²) in [7, 11) is 0. The van der Waals surface area contributed by atoms with Crippen molar-refractivity contribution >= 4 is 5.97 Å². The van der Waals surface area contributed by atoms with Crippen LogP contribution >= 0.6 is 0 Å². The summed E-state index contributed by atoms with van der Waals surface area (Å²) in [5, 5.41) is 0. The molecule has 1 fully saturated rings. The first-order valence-corrected chi connectivity index (χ1v) is 6.26. The number of ether oxygens (including phenoxy) is 1. The Kier molecular flexibility index (Phi) is 4.62. The van der Waals surface area contributed by atoms with Crippen molar-refractivity contribution in [1.29, 1.82) is 0 Å². The maximum Gasteiger partial charge on any atom is 0.311 e. The fourth-order valence-corrected chi connectivity index (χ4v) is 2.37. The number of hydrogen-bond acceptors (Lipinski definition) is 2. The van der Waals surface area contributed by atoms with E-state index in [-0.39, 0.29) is 11.4 Å². The molecule has 2 nitrogen and oxygen atoms in total. The van der Waals surface area contributed by atoms with Crippen LogP contribution in [0.2, 0.25) is 0 Å². The van der Waals surface area contributed by atoms with Gasteiger partial charge in [-0.2, -0.15) is 0 Å². The van der Waals surface area contributed by atoms with Gasteiger partial charge in [-0.15, -0.1) is 0 Å².